The van der Waals surface area contributed by atoms with E-state index < -0.39 is 0 Å². The van der Waals surface area contributed by atoms with Crippen molar-refractivity contribution in [2.45, 2.75) is 32.1 Å². The molecule has 2 aliphatic rings. The molecule has 1 saturated carbocycles. The minimum Gasteiger partial charge on any atom is -0.352 e. The van der Waals surface area contributed by atoms with E-state index in [0.717, 1.165) is 68.8 Å². The third kappa shape index (κ3) is 3.73. The van der Waals surface area contributed by atoms with Gasteiger partial charge in [0.15, 0.2) is 0 Å². The maximum absolute atomic E-state index is 12.8. The van der Waals surface area contributed by atoms with E-state index >= 15 is 0 Å². The molecule has 26 heavy (non-hydrogen) atoms. The Balaban J connectivity index is 1.37. The number of nitrogens with one attached hydrogen (secondary N) is 1. The van der Waals surface area contributed by atoms with E-state index in [4.69, 9.17) is 4.52 Å². The number of likely N-dealkylation sites (N-methyl/N-ethyl adjacent to an activating group) is 1. The summed E-state index contributed by atoms with van der Waals surface area (Å²) in [5.41, 5.74) is 2.80. The van der Waals surface area contributed by atoms with Crippen LogP contribution < -0.4 is 5.32 Å². The van der Waals surface area contributed by atoms with Crippen LogP contribution in [0.15, 0.2) is 10.6 Å². The van der Waals surface area contributed by atoms with Crippen LogP contribution in [0.4, 0.5) is 0 Å². The second-order valence-electron chi connectivity index (χ2n) is 7.57. The second kappa shape index (κ2) is 7.32. The Bertz CT molecular complexity index is 791. The summed E-state index contributed by atoms with van der Waals surface area (Å²) >= 11 is 0. The molecule has 1 N–H and O–H groups in total. The van der Waals surface area contributed by atoms with E-state index in [1.165, 1.54) is 0 Å². The van der Waals surface area contributed by atoms with E-state index in [1.807, 2.05) is 13.0 Å². The normalized spacial score (nSPS) is 19.2. The molecule has 2 aromatic rings. The van der Waals surface area contributed by atoms with Crippen molar-refractivity contribution >= 4 is 17.0 Å². The summed E-state index contributed by atoms with van der Waals surface area (Å²) in [7, 11) is 2.16. The fourth-order valence-corrected chi connectivity index (χ4v) is 3.55. The first-order valence-electron chi connectivity index (χ1n) is 9.58. The van der Waals surface area contributed by atoms with E-state index in [-0.39, 0.29) is 5.91 Å². The van der Waals surface area contributed by atoms with Gasteiger partial charge in [0.2, 0.25) is 0 Å². The molecule has 1 aliphatic carbocycles. The molecule has 3 heterocycles. The lowest BCUT2D eigenvalue weighted by molar-refractivity contribution is 0.0951. The molecule has 2 aromatic heterocycles. The Morgan fingerprint density at radius 2 is 2.08 bits per heavy atom. The number of aryl methyl sites for hydroxylation is 1. The van der Waals surface area contributed by atoms with E-state index in [0.29, 0.717) is 23.7 Å². The van der Waals surface area contributed by atoms with Gasteiger partial charge in [-0.15, -0.1) is 0 Å². The Hall–Kier alpha value is -1.99. The minimum absolute atomic E-state index is 0.0519. The van der Waals surface area contributed by atoms with Gasteiger partial charge in [0.05, 0.1) is 16.6 Å². The van der Waals surface area contributed by atoms with Gasteiger partial charge in [-0.1, -0.05) is 5.16 Å². The SMILES string of the molecule is Cc1noc2nc(C3CC3)cc(C(=O)NCCCN3CCN(C)CC3)c12. The molecule has 1 saturated heterocycles. The minimum atomic E-state index is -0.0519. The van der Waals surface area contributed by atoms with Crippen molar-refractivity contribution in [2.75, 3.05) is 46.3 Å². The molecule has 2 fully saturated rings. The van der Waals surface area contributed by atoms with Crippen molar-refractivity contribution in [1.29, 1.82) is 0 Å². The number of aromatic nitrogens is 2. The molecule has 1 amide bonds. The molecule has 0 aromatic carbocycles. The highest BCUT2D eigenvalue weighted by Gasteiger charge is 2.28. The zero-order valence-electron chi connectivity index (χ0n) is 15.6. The number of nitrogens with zero attached hydrogens (tertiary/aromatic N) is 4. The van der Waals surface area contributed by atoms with Crippen LogP contribution in [0.2, 0.25) is 0 Å². The number of carbonyl (C=O) groups excluding carboxylic acids is 1. The average molecular weight is 357 g/mol. The number of pyridine rings is 1. The molecule has 0 radical (unpaired) electrons. The predicted octanol–water partition coefficient (Wildman–Crippen LogP) is 1.78. The molecule has 0 unspecified atom stereocenters. The standard InChI is InChI=1S/C19H27N5O2/c1-13-17-15(12-16(14-4-5-14)21-19(17)26-22-13)18(25)20-6-3-7-24-10-8-23(2)9-11-24/h12,14H,3-11H2,1-2H3,(H,20,25). The van der Waals surface area contributed by atoms with Crippen molar-refractivity contribution in [2.24, 2.45) is 0 Å². The predicted molar refractivity (Wildman–Crippen MR) is 99.4 cm³/mol. The van der Waals surface area contributed by atoms with Crippen LogP contribution in [-0.2, 0) is 0 Å². The summed E-state index contributed by atoms with van der Waals surface area (Å²) in [5, 5.41) is 7.81. The maximum Gasteiger partial charge on any atom is 0.259 e. The fourth-order valence-electron chi connectivity index (χ4n) is 3.55. The molecular formula is C19H27N5O2. The van der Waals surface area contributed by atoms with Gasteiger partial charge in [0.25, 0.3) is 11.6 Å². The van der Waals surface area contributed by atoms with Crippen molar-refractivity contribution in [3.8, 4) is 0 Å². The second-order valence-corrected chi connectivity index (χ2v) is 7.57. The first-order valence-corrected chi connectivity index (χ1v) is 9.58. The largest absolute Gasteiger partial charge is 0.352 e. The molecule has 4 rings (SSSR count). The van der Waals surface area contributed by atoms with Gasteiger partial charge in [0.1, 0.15) is 0 Å². The Kier molecular flexibility index (Phi) is 4.91. The lowest BCUT2D eigenvalue weighted by Gasteiger charge is -2.32. The number of piperazine rings is 1. The lowest BCUT2D eigenvalue weighted by Crippen LogP contribution is -2.45. The van der Waals surface area contributed by atoms with Gasteiger partial charge in [-0.2, -0.15) is 0 Å². The summed E-state index contributed by atoms with van der Waals surface area (Å²) < 4.78 is 5.32. The van der Waals surface area contributed by atoms with Crippen LogP contribution in [0.3, 0.4) is 0 Å². The van der Waals surface area contributed by atoms with Gasteiger partial charge in [0, 0.05) is 44.3 Å². The molecule has 0 spiro atoms. The summed E-state index contributed by atoms with van der Waals surface area (Å²) in [6.07, 6.45) is 3.23. The molecule has 7 heteroatoms. The van der Waals surface area contributed by atoms with Gasteiger partial charge >= 0.3 is 0 Å². The first kappa shape index (κ1) is 17.4. The van der Waals surface area contributed by atoms with Crippen molar-refractivity contribution < 1.29 is 9.32 Å². The zero-order valence-corrected chi connectivity index (χ0v) is 15.6. The topological polar surface area (TPSA) is 74.5 Å². The number of hydrogen-bond acceptors (Lipinski definition) is 6. The van der Waals surface area contributed by atoms with Crippen molar-refractivity contribution in [3.05, 3.63) is 23.0 Å². The van der Waals surface area contributed by atoms with Crippen LogP contribution in [-0.4, -0.2) is 72.2 Å². The highest BCUT2D eigenvalue weighted by atomic mass is 16.5. The van der Waals surface area contributed by atoms with Gasteiger partial charge < -0.3 is 19.6 Å². The number of rotatable bonds is 6. The third-order valence-corrected chi connectivity index (χ3v) is 5.41. The number of amides is 1. The van der Waals surface area contributed by atoms with Crippen LogP contribution in [0, 0.1) is 6.92 Å². The summed E-state index contributed by atoms with van der Waals surface area (Å²) in [6.45, 7) is 8.03. The molecule has 0 bridgehead atoms. The summed E-state index contributed by atoms with van der Waals surface area (Å²) in [5.74, 6) is 0.414. The molecular weight excluding hydrogens is 330 g/mol. The number of carbonyl (C=O) groups is 1. The van der Waals surface area contributed by atoms with Gasteiger partial charge in [-0.3, -0.25) is 4.79 Å². The van der Waals surface area contributed by atoms with E-state index in [1.54, 1.807) is 0 Å². The quantitative estimate of drug-likeness (QED) is 0.795. The van der Waals surface area contributed by atoms with Crippen LogP contribution in [0.25, 0.3) is 11.1 Å². The summed E-state index contributed by atoms with van der Waals surface area (Å²) in [6, 6.07) is 1.93. The molecule has 140 valence electrons. The summed E-state index contributed by atoms with van der Waals surface area (Å²) in [4.78, 5) is 22.1. The zero-order chi connectivity index (χ0) is 18.1. The van der Waals surface area contributed by atoms with Crippen LogP contribution >= 0.6 is 0 Å². The maximum atomic E-state index is 12.8. The third-order valence-electron chi connectivity index (χ3n) is 5.41. The molecule has 1 aliphatic heterocycles. The number of hydrogen-bond donors (Lipinski definition) is 1. The molecule has 0 atom stereocenters. The van der Waals surface area contributed by atoms with Crippen LogP contribution in [0.1, 0.15) is 46.9 Å². The highest BCUT2D eigenvalue weighted by molar-refractivity contribution is 6.06. The van der Waals surface area contributed by atoms with Crippen molar-refractivity contribution in [1.82, 2.24) is 25.3 Å². The Morgan fingerprint density at radius 3 is 2.81 bits per heavy atom. The van der Waals surface area contributed by atoms with E-state index in [2.05, 4.69) is 32.3 Å². The van der Waals surface area contributed by atoms with Crippen LogP contribution in [0.5, 0.6) is 0 Å². The Morgan fingerprint density at radius 1 is 1.31 bits per heavy atom. The van der Waals surface area contributed by atoms with Gasteiger partial charge in [-0.25, -0.2) is 4.98 Å². The average Bonchev–Trinajstić information content (AvgIpc) is 3.43. The first-order chi connectivity index (χ1) is 12.6. The highest BCUT2D eigenvalue weighted by Crippen LogP contribution is 2.40. The number of fused-ring (bicyclic) bond motifs is 1. The van der Waals surface area contributed by atoms with E-state index in [9.17, 15) is 4.79 Å². The smallest absolute Gasteiger partial charge is 0.259 e. The molecule has 7 nitrogen and oxygen atoms in total. The Labute approximate surface area is 153 Å². The van der Waals surface area contributed by atoms with Crippen molar-refractivity contribution in [3.63, 3.8) is 0 Å². The van der Waals surface area contributed by atoms with Gasteiger partial charge in [-0.05, 0) is 45.8 Å². The monoisotopic (exact) mass is 357 g/mol. The fraction of sp³-hybridized carbons (Fsp3) is 0.632. The lowest BCUT2D eigenvalue weighted by atomic mass is 10.1.